The molecule has 1 aromatic heterocycles. The van der Waals surface area contributed by atoms with Gasteiger partial charge >= 0.3 is 6.36 Å². The first-order valence-electron chi connectivity index (χ1n) is 8.11. The van der Waals surface area contributed by atoms with Crippen LogP contribution in [0.5, 0.6) is 11.5 Å². The number of nitrogens with zero attached hydrogens (tertiary/aromatic N) is 1. The van der Waals surface area contributed by atoms with Gasteiger partial charge in [-0.25, -0.2) is 0 Å². The Kier molecular flexibility index (Phi) is 5.49. The van der Waals surface area contributed by atoms with Crippen LogP contribution in [0.1, 0.15) is 10.4 Å². The number of ether oxygens (including phenoxy) is 2. The topological polar surface area (TPSA) is 60.5 Å². The molecule has 0 fully saturated rings. The average Bonchev–Trinajstić information content (AvgIpc) is 2.68. The molecule has 0 bridgehead atoms. The van der Waals surface area contributed by atoms with Gasteiger partial charge in [-0.3, -0.25) is 9.78 Å². The summed E-state index contributed by atoms with van der Waals surface area (Å²) in [6.45, 7) is 0. The molecule has 28 heavy (non-hydrogen) atoms. The van der Waals surface area contributed by atoms with E-state index >= 15 is 0 Å². The molecule has 3 rings (SSSR count). The van der Waals surface area contributed by atoms with Gasteiger partial charge in [0.2, 0.25) is 0 Å². The second kappa shape index (κ2) is 7.99. The predicted molar refractivity (Wildman–Crippen MR) is 97.3 cm³/mol. The largest absolute Gasteiger partial charge is 0.573 e. The molecule has 0 unspecified atom stereocenters. The van der Waals surface area contributed by atoms with E-state index < -0.39 is 12.3 Å². The van der Waals surface area contributed by atoms with Gasteiger partial charge in [0.1, 0.15) is 11.5 Å². The number of halogens is 3. The van der Waals surface area contributed by atoms with Crippen molar-refractivity contribution in [3.63, 3.8) is 0 Å². The fraction of sp³-hybridized carbons (Fsp3) is 0.100. The number of carbonyl (C=O) groups excluding carboxylic acids is 1. The van der Waals surface area contributed by atoms with E-state index in [1.54, 1.807) is 42.7 Å². The number of hydrogen-bond donors (Lipinski definition) is 1. The predicted octanol–water partition coefficient (Wildman–Crippen LogP) is 4.91. The summed E-state index contributed by atoms with van der Waals surface area (Å²) in [7, 11) is 1.53. The number of carbonyl (C=O) groups is 1. The Labute approximate surface area is 158 Å². The molecule has 1 heterocycles. The van der Waals surface area contributed by atoms with Crippen molar-refractivity contribution in [1.82, 2.24) is 4.98 Å². The number of aromatic nitrogens is 1. The first kappa shape index (κ1) is 19.2. The van der Waals surface area contributed by atoms with Crippen LogP contribution in [-0.4, -0.2) is 24.4 Å². The summed E-state index contributed by atoms with van der Waals surface area (Å²) in [6, 6.07) is 13.4. The summed E-state index contributed by atoms with van der Waals surface area (Å²) in [5, 5.41) is 2.64. The minimum absolute atomic E-state index is 0.334. The van der Waals surface area contributed by atoms with E-state index in [9.17, 15) is 18.0 Å². The quantitative estimate of drug-likeness (QED) is 0.675. The van der Waals surface area contributed by atoms with Crippen LogP contribution in [0, 0.1) is 0 Å². The molecule has 2 aromatic carbocycles. The van der Waals surface area contributed by atoms with E-state index in [1.807, 2.05) is 0 Å². The average molecular weight is 388 g/mol. The number of anilines is 1. The number of methoxy groups -OCH3 is 1. The minimum Gasteiger partial charge on any atom is -0.496 e. The van der Waals surface area contributed by atoms with Crippen molar-refractivity contribution in [2.24, 2.45) is 0 Å². The lowest BCUT2D eigenvalue weighted by molar-refractivity contribution is -0.274. The molecule has 0 spiro atoms. The number of rotatable bonds is 5. The molecule has 0 atom stereocenters. The fourth-order valence-corrected chi connectivity index (χ4v) is 2.55. The third-order valence-electron chi connectivity index (χ3n) is 3.80. The van der Waals surface area contributed by atoms with Gasteiger partial charge in [-0.1, -0.05) is 0 Å². The van der Waals surface area contributed by atoms with Crippen molar-refractivity contribution < 1.29 is 27.4 Å². The van der Waals surface area contributed by atoms with Crippen LogP contribution in [0.25, 0.3) is 11.1 Å². The van der Waals surface area contributed by atoms with Gasteiger partial charge in [0.25, 0.3) is 5.91 Å². The molecule has 3 aromatic rings. The summed E-state index contributed by atoms with van der Waals surface area (Å²) >= 11 is 0. The van der Waals surface area contributed by atoms with E-state index in [0.29, 0.717) is 22.6 Å². The standard InChI is InChI=1S/C20H15F3N2O3/c1-27-18-7-2-14(12-17(18)13-8-10-24-11-9-13)19(26)25-15-3-5-16(6-4-15)28-20(21,22)23/h2-12H,1H3,(H,25,26). The molecule has 0 aliphatic rings. The maximum Gasteiger partial charge on any atom is 0.573 e. The molecular weight excluding hydrogens is 373 g/mol. The molecule has 0 radical (unpaired) electrons. The van der Waals surface area contributed by atoms with E-state index in [1.165, 1.54) is 19.2 Å². The molecule has 1 amide bonds. The number of pyridine rings is 1. The second-order valence-corrected chi connectivity index (χ2v) is 5.68. The highest BCUT2D eigenvalue weighted by Crippen LogP contribution is 2.31. The number of hydrogen-bond acceptors (Lipinski definition) is 4. The molecule has 144 valence electrons. The number of nitrogens with one attached hydrogen (secondary N) is 1. The van der Waals surface area contributed by atoms with E-state index in [4.69, 9.17) is 4.74 Å². The fourth-order valence-electron chi connectivity index (χ4n) is 2.55. The zero-order chi connectivity index (χ0) is 20.1. The molecule has 0 saturated carbocycles. The summed E-state index contributed by atoms with van der Waals surface area (Å²) < 4.78 is 45.8. The lowest BCUT2D eigenvalue weighted by Crippen LogP contribution is -2.17. The summed E-state index contributed by atoms with van der Waals surface area (Å²) in [4.78, 5) is 16.5. The highest BCUT2D eigenvalue weighted by Gasteiger charge is 2.30. The van der Waals surface area contributed by atoms with Crippen LogP contribution in [0.2, 0.25) is 0 Å². The van der Waals surface area contributed by atoms with Gasteiger partial charge < -0.3 is 14.8 Å². The van der Waals surface area contributed by atoms with Crippen molar-refractivity contribution in [1.29, 1.82) is 0 Å². The molecular formula is C20H15F3N2O3. The zero-order valence-electron chi connectivity index (χ0n) is 14.7. The van der Waals surface area contributed by atoms with Crippen LogP contribution >= 0.6 is 0 Å². The lowest BCUT2D eigenvalue weighted by atomic mass is 10.0. The molecule has 1 N–H and O–H groups in total. The van der Waals surface area contributed by atoms with Gasteiger partial charge in [-0.15, -0.1) is 13.2 Å². The van der Waals surface area contributed by atoms with Crippen LogP contribution in [-0.2, 0) is 0 Å². The van der Waals surface area contributed by atoms with Gasteiger partial charge in [-0.05, 0) is 60.2 Å². The Balaban J connectivity index is 1.79. The zero-order valence-corrected chi connectivity index (χ0v) is 14.7. The van der Waals surface area contributed by atoms with E-state index in [0.717, 1.165) is 17.7 Å². The highest BCUT2D eigenvalue weighted by molar-refractivity contribution is 6.05. The molecule has 5 nitrogen and oxygen atoms in total. The van der Waals surface area contributed by atoms with Crippen molar-refractivity contribution in [2.75, 3.05) is 12.4 Å². The third kappa shape index (κ3) is 4.79. The Morgan fingerprint density at radius 2 is 1.68 bits per heavy atom. The number of benzene rings is 2. The van der Waals surface area contributed by atoms with Crippen molar-refractivity contribution in [3.8, 4) is 22.6 Å². The SMILES string of the molecule is COc1ccc(C(=O)Nc2ccc(OC(F)(F)F)cc2)cc1-c1ccncc1. The van der Waals surface area contributed by atoms with Crippen molar-refractivity contribution >= 4 is 11.6 Å². The Bertz CT molecular complexity index is 959. The second-order valence-electron chi connectivity index (χ2n) is 5.68. The molecule has 0 aliphatic heterocycles. The lowest BCUT2D eigenvalue weighted by Gasteiger charge is -2.12. The number of alkyl halides is 3. The van der Waals surface area contributed by atoms with Crippen molar-refractivity contribution in [3.05, 3.63) is 72.6 Å². The first-order chi connectivity index (χ1) is 13.4. The van der Waals surface area contributed by atoms with Gasteiger partial charge in [-0.2, -0.15) is 0 Å². The van der Waals surface area contributed by atoms with Gasteiger partial charge in [0, 0.05) is 29.2 Å². The maximum atomic E-state index is 12.5. The highest BCUT2D eigenvalue weighted by atomic mass is 19.4. The minimum atomic E-state index is -4.77. The Morgan fingerprint density at radius 1 is 1.00 bits per heavy atom. The van der Waals surface area contributed by atoms with E-state index in [2.05, 4.69) is 15.0 Å². The van der Waals surface area contributed by atoms with Crippen molar-refractivity contribution in [2.45, 2.75) is 6.36 Å². The van der Waals surface area contributed by atoms with Crippen LogP contribution in [0.4, 0.5) is 18.9 Å². The summed E-state index contributed by atoms with van der Waals surface area (Å²) in [5.74, 6) is -0.186. The van der Waals surface area contributed by atoms with Crippen LogP contribution < -0.4 is 14.8 Å². The smallest absolute Gasteiger partial charge is 0.496 e. The van der Waals surface area contributed by atoms with Crippen LogP contribution in [0.3, 0.4) is 0 Å². The third-order valence-corrected chi connectivity index (χ3v) is 3.80. The van der Waals surface area contributed by atoms with Gasteiger partial charge in [0.05, 0.1) is 7.11 Å². The van der Waals surface area contributed by atoms with E-state index in [-0.39, 0.29) is 5.75 Å². The van der Waals surface area contributed by atoms with Crippen LogP contribution in [0.15, 0.2) is 67.0 Å². The van der Waals surface area contributed by atoms with Gasteiger partial charge in [0.15, 0.2) is 0 Å². The Morgan fingerprint density at radius 3 is 2.29 bits per heavy atom. The molecule has 0 saturated heterocycles. The summed E-state index contributed by atoms with van der Waals surface area (Å²) in [6.07, 6.45) is -1.50. The Hall–Kier alpha value is -3.55. The first-order valence-corrected chi connectivity index (χ1v) is 8.11. The maximum absolute atomic E-state index is 12.5. The molecule has 0 aliphatic carbocycles. The monoisotopic (exact) mass is 388 g/mol. The number of amides is 1. The molecule has 8 heteroatoms. The normalized spacial score (nSPS) is 11.0. The summed E-state index contributed by atoms with van der Waals surface area (Å²) in [5.41, 5.74) is 2.24.